The van der Waals surface area contributed by atoms with E-state index in [9.17, 15) is 0 Å². The van der Waals surface area contributed by atoms with Gasteiger partial charge < -0.3 is 18.9 Å². The Morgan fingerprint density at radius 3 is 1.95 bits per heavy atom. The Morgan fingerprint density at radius 1 is 0.703 bits per heavy atom. The summed E-state index contributed by atoms with van der Waals surface area (Å²) in [6, 6.07) is 17.5. The highest BCUT2D eigenvalue weighted by Crippen LogP contribution is 2.30. The van der Waals surface area contributed by atoms with Gasteiger partial charge in [0, 0.05) is 0 Å². The largest absolute Gasteiger partial charge is 0.491 e. The van der Waals surface area contributed by atoms with Gasteiger partial charge in [0.05, 0.1) is 13.2 Å². The maximum atomic E-state index is 5.85. The Morgan fingerprint density at radius 2 is 1.30 bits per heavy atom. The van der Waals surface area contributed by atoms with Crippen LogP contribution in [0.4, 0.5) is 0 Å². The van der Waals surface area contributed by atoms with Crippen LogP contribution in [0.15, 0.2) is 48.5 Å². The zero-order valence-electron chi connectivity index (χ0n) is 23.0. The van der Waals surface area contributed by atoms with E-state index in [0.717, 1.165) is 31.1 Å². The Kier molecular flexibility index (Phi) is 12.1. The fourth-order valence-corrected chi connectivity index (χ4v) is 5.06. The Balaban J connectivity index is 1.13. The van der Waals surface area contributed by atoms with Gasteiger partial charge in [0.1, 0.15) is 36.9 Å². The first kappa shape index (κ1) is 28.0. The van der Waals surface area contributed by atoms with E-state index in [-0.39, 0.29) is 0 Å². The van der Waals surface area contributed by atoms with Crippen molar-refractivity contribution in [2.75, 3.05) is 26.4 Å². The highest BCUT2D eigenvalue weighted by atomic mass is 16.6. The molecule has 0 bridgehead atoms. The third-order valence-electron chi connectivity index (χ3n) is 7.60. The molecule has 0 aromatic heterocycles. The van der Waals surface area contributed by atoms with Gasteiger partial charge in [0.15, 0.2) is 0 Å². The lowest BCUT2D eigenvalue weighted by Gasteiger charge is -2.18. The molecule has 2 aliphatic rings. The Bertz CT molecular complexity index is 872. The predicted molar refractivity (Wildman–Crippen MR) is 151 cm³/mol. The summed E-state index contributed by atoms with van der Waals surface area (Å²) in [6.07, 6.45) is 17.7. The Labute approximate surface area is 225 Å². The van der Waals surface area contributed by atoms with Crippen molar-refractivity contribution < 1.29 is 18.9 Å². The second-order valence-electron chi connectivity index (χ2n) is 11.0. The number of epoxide rings is 2. The number of hydrogen-bond donors (Lipinski definition) is 0. The molecule has 2 fully saturated rings. The smallest absolute Gasteiger partial charge is 0.119 e. The second kappa shape index (κ2) is 16.0. The lowest BCUT2D eigenvalue weighted by molar-refractivity contribution is 0.263. The number of ether oxygens (including phenoxy) is 4. The molecule has 2 heterocycles. The van der Waals surface area contributed by atoms with E-state index < -0.39 is 0 Å². The summed E-state index contributed by atoms with van der Waals surface area (Å²) in [6.45, 7) is 5.33. The minimum Gasteiger partial charge on any atom is -0.491 e. The maximum absolute atomic E-state index is 5.85. The minimum atomic E-state index is 0.308. The number of benzene rings is 2. The van der Waals surface area contributed by atoms with E-state index in [2.05, 4.69) is 55.5 Å². The van der Waals surface area contributed by atoms with E-state index in [1.165, 1.54) is 88.2 Å². The van der Waals surface area contributed by atoms with Gasteiger partial charge in [-0.2, -0.15) is 0 Å². The van der Waals surface area contributed by atoms with Gasteiger partial charge in [0.25, 0.3) is 0 Å². The van der Waals surface area contributed by atoms with Gasteiger partial charge in [-0.1, -0.05) is 89.0 Å². The molecule has 4 rings (SSSR count). The minimum absolute atomic E-state index is 0.308. The summed E-state index contributed by atoms with van der Waals surface area (Å²) >= 11 is 0. The highest BCUT2D eigenvalue weighted by Gasteiger charge is 2.23. The zero-order valence-corrected chi connectivity index (χ0v) is 23.0. The third kappa shape index (κ3) is 11.5. The van der Waals surface area contributed by atoms with E-state index in [0.29, 0.717) is 31.3 Å². The maximum Gasteiger partial charge on any atom is 0.119 e. The molecule has 2 aliphatic heterocycles. The monoisotopic (exact) mass is 508 g/mol. The molecule has 0 aliphatic carbocycles. The van der Waals surface area contributed by atoms with Crippen LogP contribution in [0.2, 0.25) is 0 Å². The van der Waals surface area contributed by atoms with Crippen molar-refractivity contribution in [1.29, 1.82) is 0 Å². The first-order valence-electron chi connectivity index (χ1n) is 15.0. The molecule has 204 valence electrons. The van der Waals surface area contributed by atoms with Crippen LogP contribution in [0, 0.1) is 0 Å². The first-order valence-corrected chi connectivity index (χ1v) is 15.0. The van der Waals surface area contributed by atoms with Crippen molar-refractivity contribution in [3.63, 3.8) is 0 Å². The van der Waals surface area contributed by atoms with Gasteiger partial charge in [-0.15, -0.1) is 0 Å². The number of unbranched alkanes of at least 4 members (excludes halogenated alkanes) is 8. The summed E-state index contributed by atoms with van der Waals surface area (Å²) in [5, 5.41) is 0. The summed E-state index contributed by atoms with van der Waals surface area (Å²) in [7, 11) is 0. The molecule has 0 radical (unpaired) electrons. The lowest BCUT2D eigenvalue weighted by atomic mass is 9.88. The van der Waals surface area contributed by atoms with Gasteiger partial charge in [-0.3, -0.25) is 0 Å². The molecule has 0 amide bonds. The molecule has 2 aromatic carbocycles. The molecule has 37 heavy (non-hydrogen) atoms. The van der Waals surface area contributed by atoms with E-state index in [1.807, 2.05) is 0 Å². The van der Waals surface area contributed by atoms with E-state index >= 15 is 0 Å². The molecule has 0 spiro atoms. The summed E-state index contributed by atoms with van der Waals surface area (Å²) < 4.78 is 22.2. The molecule has 0 unspecified atom stereocenters. The molecule has 4 heteroatoms. The molecule has 0 saturated carbocycles. The molecule has 2 saturated heterocycles. The summed E-state index contributed by atoms with van der Waals surface area (Å²) in [5.41, 5.74) is 2.87. The number of rotatable bonds is 21. The average molecular weight is 509 g/mol. The van der Waals surface area contributed by atoms with Gasteiger partial charge in [-0.25, -0.2) is 0 Å². The SMILES string of the molecule is CCCCCCC[C@H](CCCCCCCc1cccc(OC[C@@H]2CO2)c1)c1ccc(OC[C@@H]2CO2)cc1. The van der Waals surface area contributed by atoms with Crippen molar-refractivity contribution in [2.45, 2.75) is 109 Å². The zero-order chi connectivity index (χ0) is 25.5. The van der Waals surface area contributed by atoms with Gasteiger partial charge >= 0.3 is 0 Å². The summed E-state index contributed by atoms with van der Waals surface area (Å²) in [5.74, 6) is 2.62. The van der Waals surface area contributed by atoms with Crippen LogP contribution in [0.5, 0.6) is 11.5 Å². The standard InChI is InChI=1S/C33H48O4/c1-2-3-4-6-10-15-28(29-18-20-30(21-19-29)34-23-32-25-36-32)16-11-8-5-7-9-13-27-14-12-17-31(22-27)35-24-33-26-37-33/h12,14,17-22,28,32-33H,2-11,13,15-16,23-26H2,1H3/t28-,32-,33-/m1/s1. The van der Waals surface area contributed by atoms with Crippen LogP contribution < -0.4 is 9.47 Å². The van der Waals surface area contributed by atoms with Crippen molar-refractivity contribution in [3.8, 4) is 11.5 Å². The second-order valence-corrected chi connectivity index (χ2v) is 11.0. The van der Waals surface area contributed by atoms with Crippen molar-refractivity contribution in [1.82, 2.24) is 0 Å². The first-order chi connectivity index (χ1) is 18.3. The molecule has 0 N–H and O–H groups in total. The lowest BCUT2D eigenvalue weighted by Crippen LogP contribution is -2.04. The van der Waals surface area contributed by atoms with Crippen molar-refractivity contribution in [2.24, 2.45) is 0 Å². The topological polar surface area (TPSA) is 43.5 Å². The summed E-state index contributed by atoms with van der Waals surface area (Å²) in [4.78, 5) is 0. The predicted octanol–water partition coefficient (Wildman–Crippen LogP) is 8.27. The molecular weight excluding hydrogens is 460 g/mol. The highest BCUT2D eigenvalue weighted by molar-refractivity contribution is 5.30. The number of aryl methyl sites for hydroxylation is 1. The number of hydrogen-bond acceptors (Lipinski definition) is 4. The molecule has 4 nitrogen and oxygen atoms in total. The van der Waals surface area contributed by atoms with Crippen LogP contribution in [0.1, 0.15) is 101 Å². The quantitative estimate of drug-likeness (QED) is 0.126. The molecule has 3 atom stereocenters. The molecular formula is C33H48O4. The normalized spacial score (nSPS) is 18.9. The average Bonchev–Trinajstić information content (AvgIpc) is 3.85. The fourth-order valence-electron chi connectivity index (χ4n) is 5.06. The fraction of sp³-hybridized carbons (Fsp3) is 0.636. The van der Waals surface area contributed by atoms with Crippen LogP contribution >= 0.6 is 0 Å². The van der Waals surface area contributed by atoms with E-state index in [1.54, 1.807) is 0 Å². The van der Waals surface area contributed by atoms with Crippen molar-refractivity contribution >= 4 is 0 Å². The van der Waals surface area contributed by atoms with E-state index in [4.69, 9.17) is 18.9 Å². The van der Waals surface area contributed by atoms with Crippen LogP contribution in [-0.2, 0) is 15.9 Å². The Hall–Kier alpha value is -2.04. The van der Waals surface area contributed by atoms with Crippen molar-refractivity contribution in [3.05, 3.63) is 59.7 Å². The van der Waals surface area contributed by atoms with Crippen LogP contribution in [0.3, 0.4) is 0 Å². The van der Waals surface area contributed by atoms with Crippen LogP contribution in [0.25, 0.3) is 0 Å². The third-order valence-corrected chi connectivity index (χ3v) is 7.60. The molecule has 2 aromatic rings. The van der Waals surface area contributed by atoms with Crippen LogP contribution in [-0.4, -0.2) is 38.6 Å². The van der Waals surface area contributed by atoms with Gasteiger partial charge in [-0.05, 0) is 67.0 Å². The van der Waals surface area contributed by atoms with Gasteiger partial charge in [0.2, 0.25) is 0 Å².